The van der Waals surface area contributed by atoms with Crippen molar-refractivity contribution in [3.8, 4) is 0 Å². The zero-order chi connectivity index (χ0) is 15.3. The third kappa shape index (κ3) is 4.63. The first kappa shape index (κ1) is 15.6. The van der Waals surface area contributed by atoms with Crippen molar-refractivity contribution in [3.63, 3.8) is 0 Å². The van der Waals surface area contributed by atoms with Crippen LogP contribution in [0.4, 0.5) is 24.8 Å². The molecule has 0 bridgehead atoms. The topological polar surface area (TPSA) is 37.0 Å². The molecule has 3 nitrogen and oxygen atoms in total. The molecular formula is C14H16F3N3S. The Kier molecular flexibility index (Phi) is 5.06. The second kappa shape index (κ2) is 6.80. The van der Waals surface area contributed by atoms with Gasteiger partial charge in [0.2, 0.25) is 0 Å². The Balaban J connectivity index is 2.17. The van der Waals surface area contributed by atoms with Gasteiger partial charge in [-0.25, -0.2) is 4.98 Å². The molecule has 2 aromatic heterocycles. The monoisotopic (exact) mass is 315 g/mol. The van der Waals surface area contributed by atoms with Crippen molar-refractivity contribution in [2.24, 2.45) is 0 Å². The van der Waals surface area contributed by atoms with Crippen LogP contribution in [0.5, 0.6) is 0 Å². The fourth-order valence-electron chi connectivity index (χ4n) is 1.72. The number of aromatic nitrogens is 1. The van der Waals surface area contributed by atoms with E-state index in [1.54, 1.807) is 11.3 Å². The highest BCUT2D eigenvalue weighted by Gasteiger charge is 2.31. The van der Waals surface area contributed by atoms with Crippen LogP contribution in [0.25, 0.3) is 0 Å². The molecule has 0 unspecified atom stereocenters. The molecular weight excluding hydrogens is 299 g/mol. The molecule has 0 atom stereocenters. The third-order valence-corrected chi connectivity index (χ3v) is 3.61. The summed E-state index contributed by atoms with van der Waals surface area (Å²) in [7, 11) is 0. The number of nitrogens with one attached hydrogen (secondary N) is 2. The van der Waals surface area contributed by atoms with Crippen LogP contribution in [0.2, 0.25) is 0 Å². The average molecular weight is 315 g/mol. The van der Waals surface area contributed by atoms with Gasteiger partial charge in [0.05, 0.1) is 12.1 Å². The summed E-state index contributed by atoms with van der Waals surface area (Å²) in [4.78, 5) is 5.21. The molecule has 2 aromatic rings. The molecule has 0 saturated carbocycles. The Bertz CT molecular complexity index is 567. The molecule has 0 saturated heterocycles. The van der Waals surface area contributed by atoms with Gasteiger partial charge in [0, 0.05) is 11.4 Å². The minimum Gasteiger partial charge on any atom is -0.370 e. The molecule has 0 aliphatic rings. The lowest BCUT2D eigenvalue weighted by Crippen LogP contribution is -2.11. The number of alkyl halides is 3. The van der Waals surface area contributed by atoms with Gasteiger partial charge in [-0.1, -0.05) is 13.0 Å². The lowest BCUT2D eigenvalue weighted by molar-refractivity contribution is -0.137. The quantitative estimate of drug-likeness (QED) is 0.818. The Labute approximate surface area is 125 Å². The maximum Gasteiger partial charge on any atom is 0.416 e. The Morgan fingerprint density at radius 1 is 1.19 bits per heavy atom. The highest BCUT2D eigenvalue weighted by atomic mass is 32.1. The first-order chi connectivity index (χ1) is 9.99. The van der Waals surface area contributed by atoms with E-state index in [2.05, 4.69) is 15.6 Å². The predicted octanol–water partition coefficient (Wildman–Crippen LogP) is 4.60. The molecule has 0 aromatic carbocycles. The smallest absolute Gasteiger partial charge is 0.370 e. The first-order valence-electron chi connectivity index (χ1n) is 6.58. The number of hydrogen-bond donors (Lipinski definition) is 2. The van der Waals surface area contributed by atoms with Gasteiger partial charge in [0.1, 0.15) is 11.6 Å². The number of hydrogen-bond acceptors (Lipinski definition) is 4. The summed E-state index contributed by atoms with van der Waals surface area (Å²) in [6.07, 6.45) is -3.57. The zero-order valence-corrected chi connectivity index (χ0v) is 12.3. The minimum atomic E-state index is -4.38. The molecule has 0 amide bonds. The van der Waals surface area contributed by atoms with Crippen LogP contribution in [-0.4, -0.2) is 11.5 Å². The zero-order valence-electron chi connectivity index (χ0n) is 11.5. The van der Waals surface area contributed by atoms with Crippen LogP contribution in [-0.2, 0) is 12.7 Å². The molecule has 7 heteroatoms. The van der Waals surface area contributed by atoms with Crippen molar-refractivity contribution >= 4 is 23.0 Å². The van der Waals surface area contributed by atoms with Gasteiger partial charge in [0.25, 0.3) is 0 Å². The Hall–Kier alpha value is -1.76. The molecule has 0 fully saturated rings. The summed E-state index contributed by atoms with van der Waals surface area (Å²) in [6, 6.07) is 5.88. The summed E-state index contributed by atoms with van der Waals surface area (Å²) in [5, 5.41) is 7.75. The fourth-order valence-corrected chi connectivity index (χ4v) is 2.36. The average Bonchev–Trinajstić information content (AvgIpc) is 2.95. The predicted molar refractivity (Wildman–Crippen MR) is 79.7 cm³/mol. The molecule has 2 heterocycles. The van der Waals surface area contributed by atoms with E-state index < -0.39 is 11.7 Å². The summed E-state index contributed by atoms with van der Waals surface area (Å²) in [6.45, 7) is 2.98. The van der Waals surface area contributed by atoms with Crippen LogP contribution in [0.15, 0.2) is 29.6 Å². The van der Waals surface area contributed by atoms with E-state index in [0.717, 1.165) is 23.4 Å². The summed E-state index contributed by atoms with van der Waals surface area (Å²) < 4.78 is 38.7. The molecule has 0 radical (unpaired) electrons. The number of thiophene rings is 1. The highest BCUT2D eigenvalue weighted by Crippen LogP contribution is 2.32. The Morgan fingerprint density at radius 3 is 2.48 bits per heavy atom. The number of nitrogens with zero attached hydrogens (tertiary/aromatic N) is 1. The molecule has 0 spiro atoms. The van der Waals surface area contributed by atoms with Crippen molar-refractivity contribution in [1.82, 2.24) is 4.98 Å². The van der Waals surface area contributed by atoms with Gasteiger partial charge in [-0.2, -0.15) is 13.2 Å². The molecule has 21 heavy (non-hydrogen) atoms. The lowest BCUT2D eigenvalue weighted by Gasteiger charge is -2.13. The highest BCUT2D eigenvalue weighted by molar-refractivity contribution is 7.09. The van der Waals surface area contributed by atoms with Gasteiger partial charge in [-0.3, -0.25) is 0 Å². The second-order valence-corrected chi connectivity index (χ2v) is 5.52. The van der Waals surface area contributed by atoms with Gasteiger partial charge in [-0.05, 0) is 30.0 Å². The van der Waals surface area contributed by atoms with Crippen molar-refractivity contribution < 1.29 is 13.2 Å². The standard InChI is InChI=1S/C14H16F3N3S/c1-2-5-18-12-7-10(14(15,16)17)8-13(20-12)19-9-11-4-3-6-21-11/h3-4,6-8H,2,5,9H2,1H3,(H2,18,19,20). The van der Waals surface area contributed by atoms with E-state index in [1.807, 2.05) is 24.4 Å². The van der Waals surface area contributed by atoms with E-state index in [0.29, 0.717) is 13.1 Å². The molecule has 0 aliphatic heterocycles. The largest absolute Gasteiger partial charge is 0.416 e. The number of pyridine rings is 1. The van der Waals surface area contributed by atoms with Crippen molar-refractivity contribution in [1.29, 1.82) is 0 Å². The normalized spacial score (nSPS) is 11.4. The molecule has 0 aliphatic carbocycles. The summed E-state index contributed by atoms with van der Waals surface area (Å²) in [5.74, 6) is 0.456. The summed E-state index contributed by atoms with van der Waals surface area (Å²) >= 11 is 1.54. The molecule has 2 rings (SSSR count). The fraction of sp³-hybridized carbons (Fsp3) is 0.357. The van der Waals surface area contributed by atoms with E-state index in [-0.39, 0.29) is 11.6 Å². The van der Waals surface area contributed by atoms with Gasteiger partial charge in [-0.15, -0.1) is 11.3 Å². The maximum absolute atomic E-state index is 12.9. The van der Waals surface area contributed by atoms with Crippen LogP contribution in [0.1, 0.15) is 23.8 Å². The van der Waals surface area contributed by atoms with Crippen LogP contribution in [0.3, 0.4) is 0 Å². The first-order valence-corrected chi connectivity index (χ1v) is 7.46. The van der Waals surface area contributed by atoms with E-state index in [4.69, 9.17) is 0 Å². The minimum absolute atomic E-state index is 0.219. The van der Waals surface area contributed by atoms with Crippen LogP contribution in [0, 0.1) is 0 Å². The van der Waals surface area contributed by atoms with E-state index in [1.165, 1.54) is 0 Å². The molecule has 114 valence electrons. The summed E-state index contributed by atoms with van der Waals surface area (Å²) in [5.41, 5.74) is -0.704. The van der Waals surface area contributed by atoms with Gasteiger partial charge < -0.3 is 10.6 Å². The maximum atomic E-state index is 12.9. The SMILES string of the molecule is CCCNc1cc(C(F)(F)F)cc(NCc2cccs2)n1. The van der Waals surface area contributed by atoms with Crippen LogP contribution < -0.4 is 10.6 Å². The van der Waals surface area contributed by atoms with Crippen molar-refractivity contribution in [2.45, 2.75) is 26.1 Å². The molecule has 2 N–H and O–H groups in total. The van der Waals surface area contributed by atoms with Gasteiger partial charge in [0.15, 0.2) is 0 Å². The van der Waals surface area contributed by atoms with Crippen molar-refractivity contribution in [2.75, 3.05) is 17.2 Å². The third-order valence-electron chi connectivity index (χ3n) is 2.73. The van der Waals surface area contributed by atoms with Crippen LogP contribution >= 0.6 is 11.3 Å². The number of anilines is 2. The van der Waals surface area contributed by atoms with Gasteiger partial charge >= 0.3 is 6.18 Å². The second-order valence-electron chi connectivity index (χ2n) is 4.48. The van der Waals surface area contributed by atoms with Crippen molar-refractivity contribution in [3.05, 3.63) is 40.1 Å². The lowest BCUT2D eigenvalue weighted by atomic mass is 10.2. The van der Waals surface area contributed by atoms with E-state index in [9.17, 15) is 13.2 Å². The Morgan fingerprint density at radius 2 is 1.90 bits per heavy atom. The number of halogens is 3. The number of rotatable bonds is 6. The van der Waals surface area contributed by atoms with E-state index >= 15 is 0 Å².